The first kappa shape index (κ1) is 14.8. The van der Waals surface area contributed by atoms with Gasteiger partial charge in [-0.05, 0) is 13.0 Å². The highest BCUT2D eigenvalue weighted by molar-refractivity contribution is 6.60. The number of nitrogens with two attached hydrogens (primary N) is 1. The van der Waals surface area contributed by atoms with Crippen molar-refractivity contribution >= 4 is 8.80 Å². The molecule has 0 aliphatic rings. The van der Waals surface area contributed by atoms with Gasteiger partial charge in [0.2, 0.25) is 0 Å². The van der Waals surface area contributed by atoms with Crippen molar-refractivity contribution in [3.8, 4) is 0 Å². The average Bonchev–Trinajstić information content (AvgIpc) is 2.30. The maximum Gasteiger partial charge on any atom is 0.500 e. The van der Waals surface area contributed by atoms with Crippen molar-refractivity contribution in [2.75, 3.05) is 27.9 Å². The van der Waals surface area contributed by atoms with Crippen LogP contribution in [0.4, 0.5) is 0 Å². The van der Waals surface area contributed by atoms with Gasteiger partial charge in [-0.2, -0.15) is 0 Å². The van der Waals surface area contributed by atoms with Crippen LogP contribution >= 0.6 is 0 Å². The second-order valence-electron chi connectivity index (χ2n) is 3.11. The molecule has 0 aromatic rings. The molecule has 0 rings (SSSR count). The van der Waals surface area contributed by atoms with Crippen LogP contribution in [0.15, 0.2) is 12.7 Å². The van der Waals surface area contributed by atoms with E-state index >= 15 is 0 Å². The Bertz CT molecular complexity index is 168. The first-order valence-electron chi connectivity index (χ1n) is 4.91. The highest BCUT2D eigenvalue weighted by Gasteiger charge is 2.36. The van der Waals surface area contributed by atoms with Crippen LogP contribution in [0.25, 0.3) is 0 Å². The smallest absolute Gasteiger partial charge is 0.377 e. The summed E-state index contributed by atoms with van der Waals surface area (Å²) < 4.78 is 15.9. The molecule has 15 heavy (non-hydrogen) atoms. The lowest BCUT2D eigenvalue weighted by atomic mass is 10.4. The summed E-state index contributed by atoms with van der Waals surface area (Å²) in [7, 11) is 2.43. The fourth-order valence-electron chi connectivity index (χ4n) is 1.21. The molecule has 0 aromatic heterocycles. The predicted molar refractivity (Wildman–Crippen MR) is 62.4 cm³/mol. The average molecular weight is 234 g/mol. The number of nitrogens with one attached hydrogen (secondary N) is 1. The summed E-state index contributed by atoms with van der Waals surface area (Å²) in [5.74, 6) is 0. The van der Waals surface area contributed by atoms with Crippen molar-refractivity contribution < 1.29 is 13.3 Å². The summed E-state index contributed by atoms with van der Waals surface area (Å²) in [6, 6.07) is 0.771. The monoisotopic (exact) mass is 234 g/mol. The largest absolute Gasteiger partial charge is 0.500 e. The van der Waals surface area contributed by atoms with E-state index in [9.17, 15) is 0 Å². The Balaban J connectivity index is 3.76. The number of hydrogen-bond acceptors (Lipinski definition) is 5. The van der Waals surface area contributed by atoms with Gasteiger partial charge in [0.1, 0.15) is 0 Å². The molecule has 0 saturated heterocycles. The second-order valence-corrected chi connectivity index (χ2v) is 6.21. The van der Waals surface area contributed by atoms with E-state index in [0.29, 0.717) is 0 Å². The molecule has 0 aliphatic carbocycles. The maximum absolute atomic E-state index is 5.61. The molecule has 0 bridgehead atoms. The van der Waals surface area contributed by atoms with E-state index in [2.05, 4.69) is 11.9 Å². The van der Waals surface area contributed by atoms with E-state index in [1.165, 1.54) is 0 Å². The number of rotatable bonds is 9. The van der Waals surface area contributed by atoms with Crippen LogP contribution in [0.5, 0.6) is 0 Å². The fraction of sp³-hybridized carbons (Fsp3) is 0.778. The second kappa shape index (κ2) is 7.97. The summed E-state index contributed by atoms with van der Waals surface area (Å²) in [5, 5.41) is 3.09. The molecule has 0 amide bonds. The quantitative estimate of drug-likeness (QED) is 0.260. The van der Waals surface area contributed by atoms with Crippen LogP contribution in [-0.2, 0) is 13.3 Å². The third-order valence-corrected chi connectivity index (χ3v) is 5.06. The highest BCUT2D eigenvalue weighted by Crippen LogP contribution is 2.14. The van der Waals surface area contributed by atoms with Crippen molar-refractivity contribution in [2.45, 2.75) is 18.6 Å². The van der Waals surface area contributed by atoms with E-state index < -0.39 is 8.80 Å². The molecule has 0 aliphatic heterocycles. The molecule has 0 saturated carbocycles. The fourth-order valence-corrected chi connectivity index (χ4v) is 2.94. The van der Waals surface area contributed by atoms with Gasteiger partial charge >= 0.3 is 8.80 Å². The van der Waals surface area contributed by atoms with E-state index in [1.54, 1.807) is 27.4 Å². The normalized spacial score (nSPS) is 13.9. The standard InChI is InChI=1S/C9H22N2O3Si/c1-5-9(10)11-7-6-8-15(12-2,13-3)14-4/h5,9,11H,1,6-8,10H2,2-4H3. The minimum atomic E-state index is -2.41. The van der Waals surface area contributed by atoms with Gasteiger partial charge in [0.15, 0.2) is 0 Å². The predicted octanol–water partition coefficient (Wildman–Crippen LogP) is 0.315. The van der Waals surface area contributed by atoms with Gasteiger partial charge in [-0.15, -0.1) is 6.58 Å². The van der Waals surface area contributed by atoms with Crippen molar-refractivity contribution in [1.29, 1.82) is 0 Å². The van der Waals surface area contributed by atoms with Crippen LogP contribution in [0.1, 0.15) is 6.42 Å². The van der Waals surface area contributed by atoms with E-state index in [0.717, 1.165) is 19.0 Å². The molecule has 0 aromatic carbocycles. The summed E-state index contributed by atoms with van der Waals surface area (Å²) >= 11 is 0. The first-order valence-corrected chi connectivity index (χ1v) is 6.84. The molecule has 1 unspecified atom stereocenters. The van der Waals surface area contributed by atoms with Crippen molar-refractivity contribution in [2.24, 2.45) is 5.73 Å². The lowest BCUT2D eigenvalue weighted by Gasteiger charge is -2.24. The number of hydrogen-bond donors (Lipinski definition) is 2. The Morgan fingerprint density at radius 2 is 1.87 bits per heavy atom. The van der Waals surface area contributed by atoms with Crippen LogP contribution < -0.4 is 11.1 Å². The van der Waals surface area contributed by atoms with Gasteiger partial charge < -0.3 is 19.0 Å². The Labute approximate surface area is 93.0 Å². The lowest BCUT2D eigenvalue weighted by molar-refractivity contribution is 0.123. The molecule has 0 fully saturated rings. The molecule has 90 valence electrons. The van der Waals surface area contributed by atoms with Crippen molar-refractivity contribution in [1.82, 2.24) is 5.32 Å². The lowest BCUT2D eigenvalue weighted by Crippen LogP contribution is -2.44. The molecular weight excluding hydrogens is 212 g/mol. The van der Waals surface area contributed by atoms with Crippen molar-refractivity contribution in [3.63, 3.8) is 0 Å². The Hall–Kier alpha value is -0.243. The van der Waals surface area contributed by atoms with Crippen LogP contribution in [0.2, 0.25) is 6.04 Å². The van der Waals surface area contributed by atoms with Gasteiger partial charge in [0.25, 0.3) is 0 Å². The Kier molecular flexibility index (Phi) is 7.84. The van der Waals surface area contributed by atoms with Gasteiger partial charge in [0, 0.05) is 27.4 Å². The van der Waals surface area contributed by atoms with E-state index in [1.807, 2.05) is 0 Å². The molecule has 0 radical (unpaired) electrons. The molecule has 0 spiro atoms. The van der Waals surface area contributed by atoms with Crippen LogP contribution in [0.3, 0.4) is 0 Å². The first-order chi connectivity index (χ1) is 7.14. The third kappa shape index (κ3) is 5.40. The Morgan fingerprint density at radius 1 is 1.33 bits per heavy atom. The molecule has 3 N–H and O–H groups in total. The van der Waals surface area contributed by atoms with Gasteiger partial charge in [-0.1, -0.05) is 6.08 Å². The molecular formula is C9H22N2O3Si. The minimum Gasteiger partial charge on any atom is -0.377 e. The topological polar surface area (TPSA) is 65.7 Å². The van der Waals surface area contributed by atoms with Gasteiger partial charge in [0.05, 0.1) is 6.17 Å². The molecule has 1 atom stereocenters. The highest BCUT2D eigenvalue weighted by atomic mass is 28.4. The minimum absolute atomic E-state index is 0.159. The summed E-state index contributed by atoms with van der Waals surface area (Å²) in [4.78, 5) is 0. The summed E-state index contributed by atoms with van der Waals surface area (Å²) in [6.07, 6.45) is 2.39. The zero-order valence-corrected chi connectivity index (χ0v) is 10.8. The Morgan fingerprint density at radius 3 is 2.27 bits per heavy atom. The maximum atomic E-state index is 5.61. The van der Waals surface area contributed by atoms with E-state index in [4.69, 9.17) is 19.0 Å². The van der Waals surface area contributed by atoms with E-state index in [-0.39, 0.29) is 6.17 Å². The van der Waals surface area contributed by atoms with Crippen molar-refractivity contribution in [3.05, 3.63) is 12.7 Å². The molecule has 5 nitrogen and oxygen atoms in total. The van der Waals surface area contributed by atoms with Gasteiger partial charge in [-0.3, -0.25) is 5.32 Å². The zero-order valence-electron chi connectivity index (χ0n) is 9.79. The summed E-state index contributed by atoms with van der Waals surface area (Å²) in [6.45, 7) is 4.37. The SMILES string of the molecule is C=CC(N)NCCC[Si](OC)(OC)OC. The zero-order chi connectivity index (χ0) is 11.7. The molecule has 6 heteroatoms. The third-order valence-electron chi connectivity index (χ3n) is 2.23. The van der Waals surface area contributed by atoms with Crippen LogP contribution in [0, 0.1) is 0 Å². The molecule has 0 heterocycles. The van der Waals surface area contributed by atoms with Crippen LogP contribution in [-0.4, -0.2) is 42.8 Å². The summed E-state index contributed by atoms with van der Waals surface area (Å²) in [5.41, 5.74) is 5.61. The van der Waals surface area contributed by atoms with Gasteiger partial charge in [-0.25, -0.2) is 0 Å².